The van der Waals surface area contributed by atoms with E-state index in [4.69, 9.17) is 11.5 Å². The highest BCUT2D eigenvalue weighted by Crippen LogP contribution is 2.27. The van der Waals surface area contributed by atoms with Crippen LogP contribution in [0.5, 0.6) is 0 Å². The second-order valence-corrected chi connectivity index (χ2v) is 6.64. The number of hydrogen-bond acceptors (Lipinski definition) is 7. The lowest BCUT2D eigenvalue weighted by atomic mass is 10.1. The largest absolute Gasteiger partial charge is 0.369 e. The van der Waals surface area contributed by atoms with E-state index in [9.17, 15) is 9.59 Å². The normalized spacial score (nSPS) is 11.6. The molecule has 3 aromatic rings. The summed E-state index contributed by atoms with van der Waals surface area (Å²) < 4.78 is 4.19. The fourth-order valence-corrected chi connectivity index (χ4v) is 3.20. The molecule has 3 rings (SSSR count). The minimum absolute atomic E-state index is 0.0851. The van der Waals surface area contributed by atoms with Crippen molar-refractivity contribution in [3.05, 3.63) is 65.6 Å². The quantitative estimate of drug-likeness (QED) is 0.495. The number of carbonyl (C=O) groups excluding carboxylic acids is 2. The van der Waals surface area contributed by atoms with Crippen molar-refractivity contribution in [2.45, 2.75) is 13.0 Å². The number of benzene rings is 1. The summed E-state index contributed by atoms with van der Waals surface area (Å²) >= 11 is 1.25. The predicted octanol–water partition coefficient (Wildman–Crippen LogP) is 2.33. The molecule has 0 spiro atoms. The second-order valence-electron chi connectivity index (χ2n) is 5.83. The van der Waals surface area contributed by atoms with Gasteiger partial charge in [0.1, 0.15) is 11.0 Å². The molecule has 2 heterocycles. The summed E-state index contributed by atoms with van der Waals surface area (Å²) in [6.45, 7) is 1.87. The van der Waals surface area contributed by atoms with E-state index in [-0.39, 0.29) is 5.69 Å². The zero-order valence-electron chi connectivity index (χ0n) is 14.5. The van der Waals surface area contributed by atoms with E-state index >= 15 is 0 Å². The minimum atomic E-state index is -0.745. The third-order valence-electron chi connectivity index (χ3n) is 3.74. The first-order chi connectivity index (χ1) is 12.9. The first-order valence-electron chi connectivity index (χ1n) is 8.05. The maximum atomic E-state index is 11.9. The molecule has 0 saturated carbocycles. The molecule has 8 nitrogen and oxygen atoms in total. The molecular formula is C18H18N6O2S. The van der Waals surface area contributed by atoms with E-state index < -0.39 is 17.9 Å². The van der Waals surface area contributed by atoms with E-state index in [0.29, 0.717) is 11.4 Å². The number of nitrogens with two attached hydrogens (primary N) is 2. The topological polar surface area (TPSA) is 136 Å². The fourth-order valence-electron chi connectivity index (χ4n) is 2.52. The van der Waals surface area contributed by atoms with Crippen molar-refractivity contribution >= 4 is 39.7 Å². The highest BCUT2D eigenvalue weighted by Gasteiger charge is 2.19. The first kappa shape index (κ1) is 18.3. The van der Waals surface area contributed by atoms with Gasteiger partial charge in [0.15, 0.2) is 5.69 Å². The summed E-state index contributed by atoms with van der Waals surface area (Å²) in [7, 11) is 0. The summed E-state index contributed by atoms with van der Waals surface area (Å²) in [5.41, 5.74) is 13.5. The molecule has 0 aliphatic carbocycles. The Kier molecular flexibility index (Phi) is 5.32. The second kappa shape index (κ2) is 7.83. The molecule has 1 aromatic carbocycles. The van der Waals surface area contributed by atoms with Crippen LogP contribution in [-0.4, -0.2) is 21.2 Å². The van der Waals surface area contributed by atoms with Gasteiger partial charge in [0.05, 0.1) is 23.3 Å². The molecule has 1 unspecified atom stereocenters. The number of nitrogens with zero attached hydrogens (tertiary/aromatic N) is 2. The Morgan fingerprint density at radius 3 is 2.48 bits per heavy atom. The van der Waals surface area contributed by atoms with Crippen molar-refractivity contribution in [2.24, 2.45) is 11.5 Å². The van der Waals surface area contributed by atoms with Gasteiger partial charge in [0.25, 0.3) is 5.91 Å². The number of anilines is 3. The lowest BCUT2D eigenvalue weighted by Gasteiger charge is -2.18. The summed E-state index contributed by atoms with van der Waals surface area (Å²) in [5, 5.41) is 6.88. The average molecular weight is 382 g/mol. The smallest absolute Gasteiger partial charge is 0.269 e. The number of aromatic nitrogens is 2. The molecule has 6 N–H and O–H groups in total. The van der Waals surface area contributed by atoms with Crippen LogP contribution in [0.3, 0.4) is 0 Å². The highest BCUT2D eigenvalue weighted by molar-refractivity contribution is 7.10. The van der Waals surface area contributed by atoms with Gasteiger partial charge in [-0.15, -0.1) is 0 Å². The number of pyridine rings is 1. The Labute approximate surface area is 159 Å². The van der Waals surface area contributed by atoms with Crippen LogP contribution in [0, 0.1) is 6.92 Å². The number of hydrogen-bond donors (Lipinski definition) is 4. The number of amides is 2. The van der Waals surface area contributed by atoms with Gasteiger partial charge in [-0.3, -0.25) is 9.59 Å². The molecule has 0 aliphatic rings. The molecule has 0 bridgehead atoms. The first-order valence-corrected chi connectivity index (χ1v) is 8.82. The maximum absolute atomic E-state index is 11.9. The molecule has 27 heavy (non-hydrogen) atoms. The Morgan fingerprint density at radius 2 is 1.89 bits per heavy atom. The average Bonchev–Trinajstić information content (AvgIpc) is 3.05. The molecule has 138 valence electrons. The van der Waals surface area contributed by atoms with Gasteiger partial charge >= 0.3 is 0 Å². The molecule has 0 fully saturated rings. The van der Waals surface area contributed by atoms with E-state index in [1.54, 1.807) is 18.2 Å². The minimum Gasteiger partial charge on any atom is -0.369 e. The number of carbonyl (C=O) groups is 2. The Balaban J connectivity index is 1.92. The molecule has 0 aliphatic heterocycles. The zero-order valence-corrected chi connectivity index (χ0v) is 15.3. The van der Waals surface area contributed by atoms with Gasteiger partial charge in [-0.05, 0) is 36.2 Å². The summed E-state index contributed by atoms with van der Waals surface area (Å²) in [4.78, 5) is 27.7. The standard InChI is InChI=1S/C18H18N6O2S/c1-10-7-14(27-24-10)23-13-8-12(9-21-16(13)18(20)26)22-15(17(19)25)11-5-3-2-4-6-11/h2-9,15,22-23H,1H3,(H2,19,25)(H2,20,26). The van der Waals surface area contributed by atoms with Crippen LogP contribution < -0.4 is 22.1 Å². The van der Waals surface area contributed by atoms with E-state index in [1.807, 2.05) is 31.2 Å². The van der Waals surface area contributed by atoms with Crippen LogP contribution in [0.1, 0.15) is 27.8 Å². The van der Waals surface area contributed by atoms with Gasteiger partial charge in [-0.25, -0.2) is 4.98 Å². The van der Waals surface area contributed by atoms with Crippen LogP contribution in [0.4, 0.5) is 16.4 Å². The van der Waals surface area contributed by atoms with E-state index in [0.717, 1.165) is 16.3 Å². The number of rotatable bonds is 7. The molecule has 2 amide bonds. The number of nitrogens with one attached hydrogen (secondary N) is 2. The van der Waals surface area contributed by atoms with Crippen LogP contribution in [0.15, 0.2) is 48.7 Å². The third kappa shape index (κ3) is 4.39. The number of primary amides is 2. The molecule has 0 saturated heterocycles. The third-order valence-corrected chi connectivity index (χ3v) is 4.53. The molecule has 9 heteroatoms. The molecule has 0 radical (unpaired) electrons. The Hall–Kier alpha value is -3.46. The molecular weight excluding hydrogens is 364 g/mol. The monoisotopic (exact) mass is 382 g/mol. The van der Waals surface area contributed by atoms with Crippen molar-refractivity contribution in [1.82, 2.24) is 9.36 Å². The zero-order chi connectivity index (χ0) is 19.4. The van der Waals surface area contributed by atoms with Gasteiger partial charge in [-0.1, -0.05) is 30.3 Å². The van der Waals surface area contributed by atoms with Gasteiger partial charge in [0.2, 0.25) is 5.91 Å². The van der Waals surface area contributed by atoms with Gasteiger partial charge < -0.3 is 22.1 Å². The van der Waals surface area contributed by atoms with E-state index in [1.165, 1.54) is 17.7 Å². The highest BCUT2D eigenvalue weighted by atomic mass is 32.1. The van der Waals surface area contributed by atoms with Crippen LogP contribution in [0.2, 0.25) is 0 Å². The predicted molar refractivity (Wildman–Crippen MR) is 105 cm³/mol. The van der Waals surface area contributed by atoms with E-state index in [2.05, 4.69) is 20.0 Å². The molecule has 1 atom stereocenters. The lowest BCUT2D eigenvalue weighted by Crippen LogP contribution is -2.28. The number of aryl methyl sites for hydroxylation is 1. The van der Waals surface area contributed by atoms with Crippen LogP contribution in [0.25, 0.3) is 0 Å². The van der Waals surface area contributed by atoms with Crippen molar-refractivity contribution in [3.63, 3.8) is 0 Å². The SMILES string of the molecule is Cc1cc(Nc2cc(NC(C(N)=O)c3ccccc3)cnc2C(N)=O)sn1. The lowest BCUT2D eigenvalue weighted by molar-refractivity contribution is -0.118. The summed E-state index contributed by atoms with van der Waals surface area (Å²) in [6, 6.07) is 11.8. The molecule has 2 aromatic heterocycles. The van der Waals surface area contributed by atoms with Gasteiger partial charge in [-0.2, -0.15) is 4.37 Å². The van der Waals surface area contributed by atoms with Crippen LogP contribution >= 0.6 is 11.5 Å². The van der Waals surface area contributed by atoms with Gasteiger partial charge in [0, 0.05) is 0 Å². The van der Waals surface area contributed by atoms with Crippen molar-refractivity contribution in [3.8, 4) is 0 Å². The summed E-state index contributed by atoms with van der Waals surface area (Å²) in [5.74, 6) is -1.20. The maximum Gasteiger partial charge on any atom is 0.269 e. The Bertz CT molecular complexity index is 973. The van der Waals surface area contributed by atoms with Crippen molar-refractivity contribution in [1.29, 1.82) is 0 Å². The van der Waals surface area contributed by atoms with Crippen molar-refractivity contribution < 1.29 is 9.59 Å². The van der Waals surface area contributed by atoms with Crippen molar-refractivity contribution in [2.75, 3.05) is 10.6 Å². The Morgan fingerprint density at radius 1 is 1.15 bits per heavy atom. The summed E-state index contributed by atoms with van der Waals surface area (Å²) in [6.07, 6.45) is 1.43. The van der Waals surface area contributed by atoms with Crippen LogP contribution in [-0.2, 0) is 4.79 Å². The fraction of sp³-hybridized carbons (Fsp3) is 0.111.